The summed E-state index contributed by atoms with van der Waals surface area (Å²) in [5, 5.41) is 2.92. The van der Waals surface area contributed by atoms with Crippen LogP contribution in [0.15, 0.2) is 43.0 Å². The lowest BCUT2D eigenvalue weighted by atomic mass is 10.0. The van der Waals surface area contributed by atoms with Gasteiger partial charge in [0.2, 0.25) is 11.8 Å². The number of nitrogens with one attached hydrogen (secondary N) is 1. The van der Waals surface area contributed by atoms with Crippen molar-refractivity contribution < 1.29 is 9.59 Å². The van der Waals surface area contributed by atoms with E-state index in [0.717, 1.165) is 37.2 Å². The molecular formula is C18H24N2O2S. The highest BCUT2D eigenvalue weighted by Gasteiger charge is 2.27. The van der Waals surface area contributed by atoms with Crippen molar-refractivity contribution in [1.29, 1.82) is 0 Å². The van der Waals surface area contributed by atoms with Gasteiger partial charge in [0, 0.05) is 25.3 Å². The molecule has 0 bridgehead atoms. The van der Waals surface area contributed by atoms with Crippen LogP contribution in [-0.4, -0.2) is 47.4 Å². The number of thioether (sulfide) groups is 1. The van der Waals surface area contributed by atoms with Gasteiger partial charge in [-0.2, -0.15) is 0 Å². The zero-order valence-corrected chi connectivity index (χ0v) is 14.2. The van der Waals surface area contributed by atoms with Crippen molar-refractivity contribution in [2.45, 2.75) is 25.3 Å². The minimum atomic E-state index is -0.479. The third kappa shape index (κ3) is 5.75. The van der Waals surface area contributed by atoms with Crippen molar-refractivity contribution in [3.63, 3.8) is 0 Å². The Morgan fingerprint density at radius 2 is 1.96 bits per heavy atom. The van der Waals surface area contributed by atoms with Crippen LogP contribution >= 0.6 is 11.8 Å². The fraction of sp³-hybridized carbons (Fsp3) is 0.444. The molecule has 0 radical (unpaired) electrons. The molecule has 1 fully saturated rings. The molecule has 1 aromatic carbocycles. The molecule has 1 aliphatic rings. The lowest BCUT2D eigenvalue weighted by Gasteiger charge is -2.24. The van der Waals surface area contributed by atoms with Crippen molar-refractivity contribution in [3.05, 3.63) is 48.6 Å². The highest BCUT2D eigenvalue weighted by atomic mass is 32.2. The first kappa shape index (κ1) is 17.6. The molecule has 23 heavy (non-hydrogen) atoms. The summed E-state index contributed by atoms with van der Waals surface area (Å²) in [5.74, 6) is 1.03. The van der Waals surface area contributed by atoms with Gasteiger partial charge in [-0.1, -0.05) is 36.4 Å². The topological polar surface area (TPSA) is 49.4 Å². The van der Waals surface area contributed by atoms with E-state index in [1.165, 1.54) is 11.8 Å². The maximum atomic E-state index is 12.7. The number of amides is 2. The minimum Gasteiger partial charge on any atom is -0.343 e. The summed E-state index contributed by atoms with van der Waals surface area (Å²) in [7, 11) is 0. The van der Waals surface area contributed by atoms with E-state index in [4.69, 9.17) is 0 Å². The quantitative estimate of drug-likeness (QED) is 0.587. The molecule has 5 heteroatoms. The van der Waals surface area contributed by atoms with E-state index in [9.17, 15) is 9.59 Å². The Morgan fingerprint density at radius 1 is 1.26 bits per heavy atom. The summed E-state index contributed by atoms with van der Waals surface area (Å²) >= 11 is 1.50. The van der Waals surface area contributed by atoms with Gasteiger partial charge in [0.05, 0.1) is 5.75 Å². The van der Waals surface area contributed by atoms with Gasteiger partial charge >= 0.3 is 0 Å². The maximum Gasteiger partial charge on any atom is 0.245 e. The molecule has 0 spiro atoms. The Balaban J connectivity index is 1.99. The Kier molecular flexibility index (Phi) is 7.20. The van der Waals surface area contributed by atoms with E-state index in [1.807, 2.05) is 35.2 Å². The van der Waals surface area contributed by atoms with Gasteiger partial charge < -0.3 is 10.2 Å². The highest BCUT2D eigenvalue weighted by molar-refractivity contribution is 8.00. The largest absolute Gasteiger partial charge is 0.343 e. The predicted molar refractivity (Wildman–Crippen MR) is 95.4 cm³/mol. The van der Waals surface area contributed by atoms with Gasteiger partial charge in [0.1, 0.15) is 6.04 Å². The number of carbonyl (C=O) groups excluding carboxylic acids is 2. The molecule has 0 aliphatic carbocycles. The van der Waals surface area contributed by atoms with Gasteiger partial charge in [-0.25, -0.2) is 0 Å². The molecule has 1 heterocycles. The summed E-state index contributed by atoms with van der Waals surface area (Å²) in [4.78, 5) is 26.7. The fourth-order valence-corrected chi connectivity index (χ4v) is 3.23. The van der Waals surface area contributed by atoms with Gasteiger partial charge in [-0.15, -0.1) is 18.3 Å². The molecule has 0 aromatic heterocycles. The molecule has 0 unspecified atom stereocenters. The van der Waals surface area contributed by atoms with E-state index >= 15 is 0 Å². The molecule has 124 valence electrons. The number of benzene rings is 1. The summed E-state index contributed by atoms with van der Waals surface area (Å²) in [6.45, 7) is 5.24. The van der Waals surface area contributed by atoms with Gasteiger partial charge in [0.25, 0.3) is 0 Å². The molecule has 1 saturated heterocycles. The number of likely N-dealkylation sites (tertiary alicyclic amines) is 1. The number of hydrogen-bond donors (Lipinski definition) is 1. The first-order valence-corrected chi connectivity index (χ1v) is 9.17. The monoisotopic (exact) mass is 332 g/mol. The lowest BCUT2D eigenvalue weighted by Crippen LogP contribution is -2.49. The SMILES string of the molecule is C=CCSCC(=O)N[C@@H](Cc1ccccc1)C(=O)N1CCCC1. The van der Waals surface area contributed by atoms with Crippen molar-refractivity contribution in [2.24, 2.45) is 0 Å². The van der Waals surface area contributed by atoms with Gasteiger partial charge in [0.15, 0.2) is 0 Å². The Labute approximate surface area is 142 Å². The van der Waals surface area contributed by atoms with Crippen LogP contribution in [0.5, 0.6) is 0 Å². The number of hydrogen-bond acceptors (Lipinski definition) is 3. The van der Waals surface area contributed by atoms with E-state index in [2.05, 4.69) is 11.9 Å². The van der Waals surface area contributed by atoms with Crippen LogP contribution in [-0.2, 0) is 16.0 Å². The summed E-state index contributed by atoms with van der Waals surface area (Å²) < 4.78 is 0. The van der Waals surface area contributed by atoms with Crippen molar-refractivity contribution in [1.82, 2.24) is 10.2 Å². The number of rotatable bonds is 8. The van der Waals surface area contributed by atoms with Crippen LogP contribution in [0.1, 0.15) is 18.4 Å². The zero-order chi connectivity index (χ0) is 16.5. The molecule has 1 atom stereocenters. The average Bonchev–Trinajstić information content (AvgIpc) is 3.09. The van der Waals surface area contributed by atoms with E-state index in [1.54, 1.807) is 6.08 Å². The average molecular weight is 332 g/mol. The first-order valence-electron chi connectivity index (χ1n) is 8.01. The molecule has 2 amide bonds. The van der Waals surface area contributed by atoms with Crippen LogP contribution in [0.25, 0.3) is 0 Å². The number of carbonyl (C=O) groups is 2. The molecule has 0 saturated carbocycles. The maximum absolute atomic E-state index is 12.7. The van der Waals surface area contributed by atoms with Gasteiger partial charge in [-0.05, 0) is 18.4 Å². The summed E-state index contributed by atoms with van der Waals surface area (Å²) in [6.07, 6.45) is 4.41. The second-order valence-corrected chi connectivity index (χ2v) is 6.68. The van der Waals surface area contributed by atoms with Crippen LogP contribution in [0.3, 0.4) is 0 Å². The smallest absolute Gasteiger partial charge is 0.245 e. The zero-order valence-electron chi connectivity index (χ0n) is 13.4. The molecular weight excluding hydrogens is 308 g/mol. The molecule has 4 nitrogen and oxygen atoms in total. The second kappa shape index (κ2) is 9.40. The van der Waals surface area contributed by atoms with Crippen molar-refractivity contribution >= 4 is 23.6 Å². The van der Waals surface area contributed by atoms with Crippen LogP contribution in [0.4, 0.5) is 0 Å². The standard InChI is InChI=1S/C18H24N2O2S/c1-2-12-23-14-17(21)19-16(13-15-8-4-3-5-9-15)18(22)20-10-6-7-11-20/h2-5,8-9,16H,1,6-7,10-14H2,(H,19,21)/t16-/m0/s1. The van der Waals surface area contributed by atoms with Crippen molar-refractivity contribution in [2.75, 3.05) is 24.6 Å². The lowest BCUT2D eigenvalue weighted by molar-refractivity contribution is -0.135. The molecule has 2 rings (SSSR count). The van der Waals surface area contributed by atoms with Crippen molar-refractivity contribution in [3.8, 4) is 0 Å². The normalized spacial score (nSPS) is 15.2. The molecule has 1 N–H and O–H groups in total. The molecule has 1 aliphatic heterocycles. The van der Waals surface area contributed by atoms with E-state index in [0.29, 0.717) is 12.2 Å². The van der Waals surface area contributed by atoms with Gasteiger partial charge in [-0.3, -0.25) is 9.59 Å². The Hall–Kier alpha value is -1.75. The van der Waals surface area contributed by atoms with E-state index < -0.39 is 6.04 Å². The third-order valence-electron chi connectivity index (χ3n) is 3.80. The minimum absolute atomic E-state index is 0.0356. The Bertz CT molecular complexity index is 527. The molecule has 1 aromatic rings. The summed E-state index contributed by atoms with van der Waals surface area (Å²) in [6, 6.07) is 9.35. The summed E-state index contributed by atoms with van der Waals surface area (Å²) in [5.41, 5.74) is 1.06. The predicted octanol–water partition coefficient (Wildman–Crippen LogP) is 2.26. The highest BCUT2D eigenvalue weighted by Crippen LogP contribution is 2.12. The van der Waals surface area contributed by atoms with Crippen LogP contribution in [0, 0.1) is 0 Å². The fourth-order valence-electron chi connectivity index (χ4n) is 2.68. The third-order valence-corrected chi connectivity index (χ3v) is 4.74. The second-order valence-electron chi connectivity index (χ2n) is 5.65. The number of nitrogens with zero attached hydrogens (tertiary/aromatic N) is 1. The van der Waals surface area contributed by atoms with Crippen LogP contribution < -0.4 is 5.32 Å². The Morgan fingerprint density at radius 3 is 2.61 bits per heavy atom. The first-order chi connectivity index (χ1) is 11.2. The van der Waals surface area contributed by atoms with Crippen LogP contribution in [0.2, 0.25) is 0 Å². The van der Waals surface area contributed by atoms with E-state index in [-0.39, 0.29) is 11.8 Å².